The van der Waals surface area contributed by atoms with Crippen molar-refractivity contribution in [2.45, 2.75) is 33.1 Å². The molecule has 0 aromatic heterocycles. The monoisotopic (exact) mass is 143 g/mol. The fraction of sp³-hybridized carbons (Fsp3) is 0.875. The van der Waals surface area contributed by atoms with Crippen LogP contribution < -0.4 is 0 Å². The molecule has 1 N–H and O–H groups in total. The Kier molecular flexibility index (Phi) is 6.50. The topological polar surface area (TPSA) is 32.6 Å². The van der Waals surface area contributed by atoms with Gasteiger partial charge in [-0.3, -0.25) is 4.99 Å². The predicted octanol–water partition coefficient (Wildman–Crippen LogP) is 1.63. The Hall–Kier alpha value is -0.370. The minimum atomic E-state index is 0.253. The van der Waals surface area contributed by atoms with Crippen molar-refractivity contribution in [3.05, 3.63) is 0 Å². The van der Waals surface area contributed by atoms with E-state index >= 15 is 0 Å². The normalized spacial score (nSPS) is 12.1. The molecule has 0 unspecified atom stereocenters. The van der Waals surface area contributed by atoms with E-state index in [0.717, 1.165) is 25.8 Å². The molecule has 0 radical (unpaired) electrons. The first kappa shape index (κ1) is 9.63. The van der Waals surface area contributed by atoms with Crippen molar-refractivity contribution in [2.75, 3.05) is 13.2 Å². The third-order valence-corrected chi connectivity index (χ3v) is 1.31. The highest BCUT2D eigenvalue weighted by Crippen LogP contribution is 1.91. The second kappa shape index (κ2) is 6.75. The summed E-state index contributed by atoms with van der Waals surface area (Å²) in [5.74, 6) is 0. The van der Waals surface area contributed by atoms with Crippen LogP contribution in [0.3, 0.4) is 0 Å². The van der Waals surface area contributed by atoms with Crippen molar-refractivity contribution in [2.24, 2.45) is 4.99 Å². The van der Waals surface area contributed by atoms with Crippen LogP contribution in [-0.4, -0.2) is 24.0 Å². The lowest BCUT2D eigenvalue weighted by molar-refractivity contribution is 0.291. The van der Waals surface area contributed by atoms with Gasteiger partial charge in [0, 0.05) is 18.9 Å². The van der Waals surface area contributed by atoms with Gasteiger partial charge < -0.3 is 5.11 Å². The maximum Gasteiger partial charge on any atom is 0.0448 e. The first-order valence-electron chi connectivity index (χ1n) is 3.92. The molecule has 2 heteroatoms. The van der Waals surface area contributed by atoms with Gasteiger partial charge in [-0.25, -0.2) is 0 Å². The molecule has 0 aliphatic heterocycles. The summed E-state index contributed by atoms with van der Waals surface area (Å²) in [6.07, 6.45) is 3.04. The van der Waals surface area contributed by atoms with Crippen molar-refractivity contribution < 1.29 is 5.11 Å². The third-order valence-electron chi connectivity index (χ3n) is 1.31. The molecule has 10 heavy (non-hydrogen) atoms. The Morgan fingerprint density at radius 3 is 2.70 bits per heavy atom. The van der Waals surface area contributed by atoms with E-state index in [9.17, 15) is 0 Å². The smallest absolute Gasteiger partial charge is 0.0448 e. The van der Waals surface area contributed by atoms with Crippen LogP contribution in [0, 0.1) is 0 Å². The second-order valence-corrected chi connectivity index (χ2v) is 2.44. The lowest BCUT2D eigenvalue weighted by atomic mass is 10.2. The molecule has 0 aliphatic carbocycles. The molecule has 0 saturated heterocycles. The van der Waals surface area contributed by atoms with Gasteiger partial charge in [-0.2, -0.15) is 0 Å². The number of aliphatic hydroxyl groups excluding tert-OH is 1. The molecular weight excluding hydrogens is 126 g/mol. The fourth-order valence-corrected chi connectivity index (χ4v) is 0.781. The summed E-state index contributed by atoms with van der Waals surface area (Å²) in [6, 6.07) is 0. The highest BCUT2D eigenvalue weighted by molar-refractivity contribution is 5.81. The molecule has 0 spiro atoms. The van der Waals surface area contributed by atoms with Crippen molar-refractivity contribution >= 4 is 5.71 Å². The fourth-order valence-electron chi connectivity index (χ4n) is 0.781. The third kappa shape index (κ3) is 5.76. The van der Waals surface area contributed by atoms with Gasteiger partial charge in [0.15, 0.2) is 0 Å². The van der Waals surface area contributed by atoms with Gasteiger partial charge in [-0.1, -0.05) is 13.3 Å². The summed E-state index contributed by atoms with van der Waals surface area (Å²) in [7, 11) is 0. The molecule has 0 aliphatic rings. The zero-order valence-corrected chi connectivity index (χ0v) is 6.93. The van der Waals surface area contributed by atoms with E-state index in [2.05, 4.69) is 11.9 Å². The minimum absolute atomic E-state index is 0.253. The molecule has 0 aromatic rings. The van der Waals surface area contributed by atoms with Crippen LogP contribution in [0.1, 0.15) is 33.1 Å². The largest absolute Gasteiger partial charge is 0.396 e. The molecule has 0 amide bonds. The molecule has 0 atom stereocenters. The van der Waals surface area contributed by atoms with E-state index in [-0.39, 0.29) is 6.61 Å². The minimum Gasteiger partial charge on any atom is -0.396 e. The quantitative estimate of drug-likeness (QED) is 0.460. The Labute approximate surface area is 63.0 Å². The lowest BCUT2D eigenvalue weighted by Gasteiger charge is -1.95. The van der Waals surface area contributed by atoms with Gasteiger partial charge in [0.1, 0.15) is 0 Å². The van der Waals surface area contributed by atoms with Crippen LogP contribution in [-0.2, 0) is 0 Å². The summed E-state index contributed by atoms with van der Waals surface area (Å²) < 4.78 is 0. The van der Waals surface area contributed by atoms with E-state index in [1.165, 1.54) is 5.71 Å². The molecule has 2 nitrogen and oxygen atoms in total. The van der Waals surface area contributed by atoms with Crippen LogP contribution >= 0.6 is 0 Å². The number of hydrogen-bond acceptors (Lipinski definition) is 2. The van der Waals surface area contributed by atoms with Crippen LogP contribution in [0.5, 0.6) is 0 Å². The molecule has 0 rings (SSSR count). The van der Waals surface area contributed by atoms with Gasteiger partial charge >= 0.3 is 0 Å². The Balaban J connectivity index is 3.28. The Morgan fingerprint density at radius 1 is 1.50 bits per heavy atom. The van der Waals surface area contributed by atoms with Crippen molar-refractivity contribution in [1.29, 1.82) is 0 Å². The van der Waals surface area contributed by atoms with E-state index in [1.54, 1.807) is 0 Å². The summed E-state index contributed by atoms with van der Waals surface area (Å²) in [4.78, 5) is 4.26. The van der Waals surface area contributed by atoms with Crippen molar-refractivity contribution in [3.8, 4) is 0 Å². The van der Waals surface area contributed by atoms with E-state index in [4.69, 9.17) is 5.11 Å². The summed E-state index contributed by atoms with van der Waals surface area (Å²) in [5, 5.41) is 8.44. The maximum absolute atomic E-state index is 8.44. The summed E-state index contributed by atoms with van der Waals surface area (Å²) in [5.41, 5.74) is 1.20. The number of nitrogens with zero attached hydrogens (tertiary/aromatic N) is 1. The highest BCUT2D eigenvalue weighted by Gasteiger charge is 1.87. The van der Waals surface area contributed by atoms with Crippen LogP contribution in [0.4, 0.5) is 0 Å². The summed E-state index contributed by atoms with van der Waals surface area (Å²) >= 11 is 0. The van der Waals surface area contributed by atoms with E-state index in [1.807, 2.05) is 6.92 Å². The van der Waals surface area contributed by atoms with Gasteiger partial charge in [0.25, 0.3) is 0 Å². The van der Waals surface area contributed by atoms with Crippen molar-refractivity contribution in [1.82, 2.24) is 0 Å². The molecule has 0 fully saturated rings. The van der Waals surface area contributed by atoms with E-state index in [0.29, 0.717) is 0 Å². The first-order chi connectivity index (χ1) is 4.81. The van der Waals surface area contributed by atoms with Gasteiger partial charge in [0.05, 0.1) is 0 Å². The lowest BCUT2D eigenvalue weighted by Crippen LogP contribution is -1.94. The predicted molar refractivity (Wildman–Crippen MR) is 44.6 cm³/mol. The standard InChI is InChI=1S/C8H17NO/c1-3-5-8(2)9-6-4-7-10/h10H,3-7H2,1-2H3. The van der Waals surface area contributed by atoms with Gasteiger partial charge in [-0.05, 0) is 19.8 Å². The molecule has 0 bridgehead atoms. The number of rotatable bonds is 5. The Morgan fingerprint density at radius 2 is 2.20 bits per heavy atom. The molecule has 0 aromatic carbocycles. The van der Waals surface area contributed by atoms with Crippen LogP contribution in [0.2, 0.25) is 0 Å². The summed E-state index contributed by atoms with van der Waals surface area (Å²) in [6.45, 7) is 5.22. The Bertz CT molecular complexity index is 99.4. The maximum atomic E-state index is 8.44. The number of aliphatic hydroxyl groups is 1. The molecular formula is C8H17NO. The first-order valence-corrected chi connectivity index (χ1v) is 3.92. The average Bonchev–Trinajstić information content (AvgIpc) is 1.89. The van der Waals surface area contributed by atoms with Gasteiger partial charge in [-0.15, -0.1) is 0 Å². The zero-order chi connectivity index (χ0) is 7.82. The number of aliphatic imine (C=N–C) groups is 1. The molecule has 0 heterocycles. The number of hydrogen-bond donors (Lipinski definition) is 1. The van der Waals surface area contributed by atoms with E-state index < -0.39 is 0 Å². The zero-order valence-electron chi connectivity index (χ0n) is 6.93. The second-order valence-electron chi connectivity index (χ2n) is 2.44. The van der Waals surface area contributed by atoms with Crippen molar-refractivity contribution in [3.63, 3.8) is 0 Å². The van der Waals surface area contributed by atoms with Crippen LogP contribution in [0.15, 0.2) is 4.99 Å². The van der Waals surface area contributed by atoms with Crippen LogP contribution in [0.25, 0.3) is 0 Å². The molecule has 60 valence electrons. The SMILES string of the molecule is CCCC(C)=NCCCO. The average molecular weight is 143 g/mol. The van der Waals surface area contributed by atoms with Gasteiger partial charge in [0.2, 0.25) is 0 Å². The highest BCUT2D eigenvalue weighted by atomic mass is 16.2. The molecule has 0 saturated carbocycles.